The first kappa shape index (κ1) is 11.2. The fraction of sp³-hybridized carbons (Fsp3) is 0.375. The molecule has 1 rings (SSSR count). The average molecular weight is 213 g/mol. The van der Waals surface area contributed by atoms with Crippen LogP contribution in [-0.2, 0) is 9.53 Å². The second kappa shape index (κ2) is 5.11. The smallest absolute Gasteiger partial charge is 0.328 e. The van der Waals surface area contributed by atoms with E-state index in [-0.39, 0.29) is 12.3 Å². The molecule has 0 saturated carbocycles. The highest BCUT2D eigenvalue weighted by Crippen LogP contribution is 1.94. The second-order valence-electron chi connectivity index (χ2n) is 2.79. The predicted molar refractivity (Wildman–Crippen MR) is 49.4 cm³/mol. The summed E-state index contributed by atoms with van der Waals surface area (Å²) in [7, 11) is 1.36. The topological polar surface area (TPSA) is 104 Å². The van der Waals surface area contributed by atoms with Crippen molar-refractivity contribution in [1.82, 2.24) is 15.5 Å². The van der Waals surface area contributed by atoms with Crippen molar-refractivity contribution in [2.24, 2.45) is 0 Å². The summed E-state index contributed by atoms with van der Waals surface area (Å²) in [5.41, 5.74) is 0.206. The van der Waals surface area contributed by atoms with E-state index in [9.17, 15) is 9.59 Å². The van der Waals surface area contributed by atoms with Crippen LogP contribution in [0.1, 0.15) is 10.5 Å². The van der Waals surface area contributed by atoms with Gasteiger partial charge in [0.05, 0.1) is 6.61 Å². The Morgan fingerprint density at radius 2 is 2.47 bits per heavy atom. The molecular formula is C8H11N3O4. The molecule has 1 atom stereocenters. The summed E-state index contributed by atoms with van der Waals surface area (Å²) in [5.74, 6) is -1.68. The van der Waals surface area contributed by atoms with E-state index in [0.717, 1.165) is 0 Å². The minimum Gasteiger partial charge on any atom is -0.480 e. The molecule has 0 spiro atoms. The molecule has 1 heterocycles. The van der Waals surface area contributed by atoms with E-state index < -0.39 is 17.9 Å². The van der Waals surface area contributed by atoms with Crippen LogP contribution in [0.3, 0.4) is 0 Å². The van der Waals surface area contributed by atoms with Gasteiger partial charge in [0.25, 0.3) is 5.91 Å². The maximum atomic E-state index is 11.4. The lowest BCUT2D eigenvalue weighted by molar-refractivity contribution is -0.140. The quantitative estimate of drug-likeness (QED) is 0.596. The summed E-state index contributed by atoms with van der Waals surface area (Å²) in [6.07, 6.45) is 1.40. The zero-order chi connectivity index (χ0) is 11.3. The first-order chi connectivity index (χ1) is 7.15. The number of rotatable bonds is 5. The molecule has 15 heavy (non-hydrogen) atoms. The number of carboxylic acid groups (broad SMARTS) is 1. The summed E-state index contributed by atoms with van der Waals surface area (Å²) in [6.45, 7) is -0.0881. The predicted octanol–water partition coefficient (Wildman–Crippen LogP) is -0.761. The Hall–Kier alpha value is -1.89. The maximum Gasteiger partial charge on any atom is 0.328 e. The van der Waals surface area contributed by atoms with Crippen molar-refractivity contribution in [1.29, 1.82) is 0 Å². The van der Waals surface area contributed by atoms with Gasteiger partial charge in [0, 0.05) is 13.3 Å². The number of methoxy groups -OCH3 is 1. The number of aromatic amines is 1. The van der Waals surface area contributed by atoms with Gasteiger partial charge in [0.1, 0.15) is 5.69 Å². The minimum absolute atomic E-state index is 0.0881. The molecule has 0 bridgehead atoms. The van der Waals surface area contributed by atoms with Crippen molar-refractivity contribution >= 4 is 11.9 Å². The molecule has 0 aliphatic carbocycles. The van der Waals surface area contributed by atoms with Gasteiger partial charge in [-0.25, -0.2) is 4.79 Å². The highest BCUT2D eigenvalue weighted by molar-refractivity contribution is 5.94. The van der Waals surface area contributed by atoms with Gasteiger partial charge in [0.15, 0.2) is 6.04 Å². The van der Waals surface area contributed by atoms with E-state index >= 15 is 0 Å². The van der Waals surface area contributed by atoms with Gasteiger partial charge in [-0.3, -0.25) is 9.89 Å². The zero-order valence-corrected chi connectivity index (χ0v) is 8.06. The molecule has 0 saturated heterocycles. The Balaban J connectivity index is 2.59. The zero-order valence-electron chi connectivity index (χ0n) is 8.06. The Kier molecular flexibility index (Phi) is 3.81. The minimum atomic E-state index is -1.15. The third kappa shape index (κ3) is 3.06. The number of aromatic nitrogens is 2. The lowest BCUT2D eigenvalue weighted by Gasteiger charge is -2.12. The molecule has 0 fully saturated rings. The largest absolute Gasteiger partial charge is 0.480 e. The molecular weight excluding hydrogens is 202 g/mol. The third-order valence-corrected chi connectivity index (χ3v) is 1.68. The van der Waals surface area contributed by atoms with Gasteiger partial charge < -0.3 is 15.2 Å². The lowest BCUT2D eigenvalue weighted by atomic mass is 10.3. The summed E-state index contributed by atoms with van der Waals surface area (Å²) >= 11 is 0. The van der Waals surface area contributed by atoms with Crippen molar-refractivity contribution in [3.8, 4) is 0 Å². The van der Waals surface area contributed by atoms with Crippen LogP contribution in [-0.4, -0.2) is 46.9 Å². The average Bonchev–Trinajstić information content (AvgIpc) is 2.69. The Bertz CT molecular complexity index is 336. The van der Waals surface area contributed by atoms with Crippen LogP contribution < -0.4 is 5.32 Å². The third-order valence-electron chi connectivity index (χ3n) is 1.68. The number of nitrogens with zero attached hydrogens (tertiary/aromatic N) is 1. The van der Waals surface area contributed by atoms with Crippen LogP contribution in [0.2, 0.25) is 0 Å². The van der Waals surface area contributed by atoms with Crippen LogP contribution in [0.5, 0.6) is 0 Å². The fourth-order valence-corrected chi connectivity index (χ4v) is 0.960. The van der Waals surface area contributed by atoms with E-state index in [1.165, 1.54) is 19.4 Å². The highest BCUT2D eigenvalue weighted by Gasteiger charge is 2.20. The molecule has 0 aliphatic rings. The molecule has 1 aromatic rings. The summed E-state index contributed by atoms with van der Waals surface area (Å²) in [5, 5.41) is 17.0. The number of hydrogen-bond acceptors (Lipinski definition) is 4. The molecule has 0 radical (unpaired) electrons. The SMILES string of the molecule is COCC(NC(=O)c1ccn[nH]1)C(=O)O. The Morgan fingerprint density at radius 1 is 1.73 bits per heavy atom. The molecule has 0 aliphatic heterocycles. The van der Waals surface area contributed by atoms with Gasteiger partial charge in [-0.15, -0.1) is 0 Å². The van der Waals surface area contributed by atoms with Crippen molar-refractivity contribution in [3.05, 3.63) is 18.0 Å². The molecule has 82 valence electrons. The van der Waals surface area contributed by atoms with Crippen LogP contribution in [0.4, 0.5) is 0 Å². The monoisotopic (exact) mass is 213 g/mol. The van der Waals surface area contributed by atoms with E-state index in [0.29, 0.717) is 0 Å². The molecule has 3 N–H and O–H groups in total. The number of carboxylic acids is 1. The first-order valence-electron chi connectivity index (χ1n) is 4.17. The maximum absolute atomic E-state index is 11.4. The van der Waals surface area contributed by atoms with Gasteiger partial charge in [-0.1, -0.05) is 0 Å². The molecule has 0 aromatic carbocycles. The fourth-order valence-electron chi connectivity index (χ4n) is 0.960. The highest BCUT2D eigenvalue weighted by atomic mass is 16.5. The number of H-pyrrole nitrogens is 1. The van der Waals surface area contributed by atoms with Crippen LogP contribution >= 0.6 is 0 Å². The number of aliphatic carboxylic acids is 1. The van der Waals surface area contributed by atoms with E-state index in [1.807, 2.05) is 0 Å². The Morgan fingerprint density at radius 3 is 2.93 bits per heavy atom. The number of hydrogen-bond donors (Lipinski definition) is 3. The van der Waals surface area contributed by atoms with Crippen molar-refractivity contribution in [2.45, 2.75) is 6.04 Å². The summed E-state index contributed by atoms with van der Waals surface area (Å²) < 4.78 is 4.66. The second-order valence-corrected chi connectivity index (χ2v) is 2.79. The van der Waals surface area contributed by atoms with E-state index in [2.05, 4.69) is 20.3 Å². The number of amides is 1. The number of carbonyl (C=O) groups excluding carboxylic acids is 1. The molecule has 1 amide bonds. The molecule has 1 unspecified atom stereocenters. The van der Waals surface area contributed by atoms with Gasteiger partial charge in [-0.05, 0) is 6.07 Å². The van der Waals surface area contributed by atoms with Crippen molar-refractivity contribution in [2.75, 3.05) is 13.7 Å². The standard InChI is InChI=1S/C8H11N3O4/c1-15-4-6(8(13)14)10-7(12)5-2-3-9-11-5/h2-3,6H,4H2,1H3,(H,9,11)(H,10,12)(H,13,14). The Labute approximate surface area is 85.4 Å². The summed E-state index contributed by atoms with van der Waals surface area (Å²) in [6, 6.07) is 0.381. The first-order valence-corrected chi connectivity index (χ1v) is 4.17. The molecule has 7 heteroatoms. The van der Waals surface area contributed by atoms with Crippen LogP contribution in [0, 0.1) is 0 Å². The lowest BCUT2D eigenvalue weighted by Crippen LogP contribution is -2.43. The normalized spacial score (nSPS) is 12.1. The van der Waals surface area contributed by atoms with Gasteiger partial charge in [0.2, 0.25) is 0 Å². The number of ether oxygens (including phenoxy) is 1. The number of carbonyl (C=O) groups is 2. The van der Waals surface area contributed by atoms with E-state index in [1.54, 1.807) is 0 Å². The molecule has 1 aromatic heterocycles. The molecule has 7 nitrogen and oxygen atoms in total. The van der Waals surface area contributed by atoms with Crippen molar-refractivity contribution in [3.63, 3.8) is 0 Å². The van der Waals surface area contributed by atoms with Crippen LogP contribution in [0.15, 0.2) is 12.3 Å². The van der Waals surface area contributed by atoms with Gasteiger partial charge in [-0.2, -0.15) is 5.10 Å². The van der Waals surface area contributed by atoms with E-state index in [4.69, 9.17) is 5.11 Å². The number of nitrogens with one attached hydrogen (secondary N) is 2. The van der Waals surface area contributed by atoms with Crippen molar-refractivity contribution < 1.29 is 19.4 Å². The summed E-state index contributed by atoms with van der Waals surface area (Å²) in [4.78, 5) is 22.1. The van der Waals surface area contributed by atoms with Crippen LogP contribution in [0.25, 0.3) is 0 Å². The van der Waals surface area contributed by atoms with Gasteiger partial charge >= 0.3 is 5.97 Å².